The molecule has 0 spiro atoms. The fraction of sp³-hybridized carbons (Fsp3) is 0.250. The first-order valence-corrected chi connectivity index (χ1v) is 6.93. The van der Waals surface area contributed by atoms with Crippen molar-refractivity contribution in [3.63, 3.8) is 0 Å². The van der Waals surface area contributed by atoms with Crippen LogP contribution in [0, 0.1) is 12.7 Å². The molecule has 0 aliphatic carbocycles. The highest BCUT2D eigenvalue weighted by Crippen LogP contribution is 2.22. The lowest BCUT2D eigenvalue weighted by atomic mass is 10.1. The van der Waals surface area contributed by atoms with Gasteiger partial charge in [0, 0.05) is 10.7 Å². The first kappa shape index (κ1) is 11.9. The minimum absolute atomic E-state index is 0.235. The molecule has 1 aromatic carbocycles. The van der Waals surface area contributed by atoms with Gasteiger partial charge in [-0.1, -0.05) is 0 Å². The zero-order chi connectivity index (χ0) is 10.9. The number of halogens is 3. The molecule has 6 heteroatoms. The van der Waals surface area contributed by atoms with E-state index in [0.29, 0.717) is 11.1 Å². The van der Waals surface area contributed by atoms with E-state index in [2.05, 4.69) is 15.9 Å². The summed E-state index contributed by atoms with van der Waals surface area (Å²) in [5.41, 5.74) is 1.06. The van der Waals surface area contributed by atoms with Crippen LogP contribution in [0.25, 0.3) is 0 Å². The normalized spacial score (nSPS) is 11.7. The molecule has 0 aromatic heterocycles. The van der Waals surface area contributed by atoms with Crippen molar-refractivity contribution in [1.82, 2.24) is 0 Å². The van der Waals surface area contributed by atoms with Crippen molar-refractivity contribution in [2.45, 2.75) is 12.7 Å². The molecule has 0 bridgehead atoms. The van der Waals surface area contributed by atoms with Gasteiger partial charge in [0.1, 0.15) is 5.82 Å². The maximum absolute atomic E-state index is 13.0. The van der Waals surface area contributed by atoms with Gasteiger partial charge in [-0.2, -0.15) is 0 Å². The van der Waals surface area contributed by atoms with E-state index in [4.69, 9.17) is 10.7 Å². The van der Waals surface area contributed by atoms with Gasteiger partial charge in [0.2, 0.25) is 9.05 Å². The average molecular weight is 302 g/mol. The maximum atomic E-state index is 13.0. The minimum atomic E-state index is -3.60. The SMILES string of the molecule is Cc1cc(F)c(Br)cc1CS(=O)(=O)Cl. The quantitative estimate of drug-likeness (QED) is 0.787. The maximum Gasteiger partial charge on any atom is 0.236 e. The van der Waals surface area contributed by atoms with Crippen molar-refractivity contribution in [2.24, 2.45) is 0 Å². The number of hydrogen-bond acceptors (Lipinski definition) is 2. The van der Waals surface area contributed by atoms with Crippen molar-refractivity contribution in [1.29, 1.82) is 0 Å². The molecule has 0 saturated heterocycles. The molecule has 14 heavy (non-hydrogen) atoms. The second-order valence-electron chi connectivity index (χ2n) is 2.88. The van der Waals surface area contributed by atoms with E-state index in [9.17, 15) is 12.8 Å². The molecule has 1 aromatic rings. The largest absolute Gasteiger partial charge is 0.236 e. The Balaban J connectivity index is 3.17. The van der Waals surface area contributed by atoms with E-state index >= 15 is 0 Å². The third-order valence-corrected chi connectivity index (χ3v) is 3.30. The second-order valence-corrected chi connectivity index (χ2v) is 6.51. The molecule has 1 rings (SSSR count). The van der Waals surface area contributed by atoms with Gasteiger partial charge in [0.15, 0.2) is 0 Å². The summed E-state index contributed by atoms with van der Waals surface area (Å²) in [5.74, 6) is -0.711. The van der Waals surface area contributed by atoms with Crippen LogP contribution in [-0.4, -0.2) is 8.42 Å². The highest BCUT2D eigenvalue weighted by Gasteiger charge is 2.11. The summed E-state index contributed by atoms with van der Waals surface area (Å²) in [6, 6.07) is 2.69. The van der Waals surface area contributed by atoms with Gasteiger partial charge in [-0.3, -0.25) is 0 Å². The van der Waals surface area contributed by atoms with E-state index in [1.165, 1.54) is 12.1 Å². The lowest BCUT2D eigenvalue weighted by molar-refractivity contribution is 0.607. The van der Waals surface area contributed by atoms with E-state index in [1.54, 1.807) is 6.92 Å². The van der Waals surface area contributed by atoms with E-state index < -0.39 is 14.9 Å². The lowest BCUT2D eigenvalue weighted by Gasteiger charge is -2.04. The summed E-state index contributed by atoms with van der Waals surface area (Å²) in [5, 5.41) is 0. The summed E-state index contributed by atoms with van der Waals surface area (Å²) in [4.78, 5) is 0. The summed E-state index contributed by atoms with van der Waals surface area (Å²) < 4.78 is 34.8. The number of rotatable bonds is 2. The van der Waals surface area contributed by atoms with Crippen LogP contribution in [0.4, 0.5) is 4.39 Å². The second kappa shape index (κ2) is 4.16. The first-order chi connectivity index (χ1) is 6.29. The zero-order valence-electron chi connectivity index (χ0n) is 7.22. The van der Waals surface area contributed by atoms with Gasteiger partial charge < -0.3 is 0 Å². The summed E-state index contributed by atoms with van der Waals surface area (Å²) >= 11 is 2.97. The smallest absolute Gasteiger partial charge is 0.212 e. The Kier molecular flexibility index (Phi) is 3.55. The molecule has 0 heterocycles. The third kappa shape index (κ3) is 3.22. The Morgan fingerprint density at radius 2 is 2.07 bits per heavy atom. The van der Waals surface area contributed by atoms with Crippen molar-refractivity contribution in [3.8, 4) is 0 Å². The summed E-state index contributed by atoms with van der Waals surface area (Å²) in [7, 11) is 1.49. The Hall–Kier alpha value is -0.130. The monoisotopic (exact) mass is 300 g/mol. The van der Waals surface area contributed by atoms with Crippen LogP contribution in [0.3, 0.4) is 0 Å². The van der Waals surface area contributed by atoms with Crippen LogP contribution in [0.1, 0.15) is 11.1 Å². The molecule has 0 amide bonds. The molecule has 78 valence electrons. The number of hydrogen-bond donors (Lipinski definition) is 0. The molecule has 0 fully saturated rings. The van der Waals surface area contributed by atoms with Gasteiger partial charge in [-0.05, 0) is 46.1 Å². The Morgan fingerprint density at radius 1 is 1.50 bits per heavy atom. The molecule has 0 aliphatic heterocycles. The number of benzene rings is 1. The van der Waals surface area contributed by atoms with E-state index in [0.717, 1.165) is 0 Å². The summed E-state index contributed by atoms with van der Waals surface area (Å²) in [6.45, 7) is 1.63. The van der Waals surface area contributed by atoms with E-state index in [1.807, 2.05) is 0 Å². The average Bonchev–Trinajstić information content (AvgIpc) is 1.97. The standard InChI is InChI=1S/C8H7BrClFO2S/c1-5-2-8(11)7(9)3-6(5)4-14(10,12)13/h2-3H,4H2,1H3. The van der Waals surface area contributed by atoms with Crippen LogP contribution in [0.15, 0.2) is 16.6 Å². The molecular weight excluding hydrogens is 295 g/mol. The molecular formula is C8H7BrClFO2S. The minimum Gasteiger partial charge on any atom is -0.212 e. The van der Waals surface area contributed by atoms with Gasteiger partial charge in [0.25, 0.3) is 0 Å². The molecule has 0 unspecified atom stereocenters. The van der Waals surface area contributed by atoms with E-state index in [-0.39, 0.29) is 10.2 Å². The van der Waals surface area contributed by atoms with Crippen LogP contribution in [0.2, 0.25) is 0 Å². The molecule has 0 aliphatic rings. The highest BCUT2D eigenvalue weighted by molar-refractivity contribution is 9.10. The van der Waals surface area contributed by atoms with Gasteiger partial charge >= 0.3 is 0 Å². The van der Waals surface area contributed by atoms with Crippen molar-refractivity contribution < 1.29 is 12.8 Å². The van der Waals surface area contributed by atoms with Gasteiger partial charge in [-0.15, -0.1) is 0 Å². The fourth-order valence-electron chi connectivity index (χ4n) is 1.03. The predicted molar refractivity (Wildman–Crippen MR) is 57.3 cm³/mol. The molecule has 0 saturated carbocycles. The number of aryl methyl sites for hydroxylation is 1. The molecule has 2 nitrogen and oxygen atoms in total. The third-order valence-electron chi connectivity index (χ3n) is 1.71. The topological polar surface area (TPSA) is 34.1 Å². The predicted octanol–water partition coefficient (Wildman–Crippen LogP) is 2.97. The van der Waals surface area contributed by atoms with Crippen molar-refractivity contribution in [2.75, 3.05) is 0 Å². The lowest BCUT2D eigenvalue weighted by Crippen LogP contribution is -1.98. The summed E-state index contributed by atoms with van der Waals surface area (Å²) in [6.07, 6.45) is 0. The van der Waals surface area contributed by atoms with Crippen LogP contribution in [-0.2, 0) is 14.8 Å². The Bertz CT molecular complexity index is 459. The van der Waals surface area contributed by atoms with Crippen molar-refractivity contribution in [3.05, 3.63) is 33.5 Å². The molecule has 0 atom stereocenters. The molecule has 0 radical (unpaired) electrons. The van der Waals surface area contributed by atoms with Crippen molar-refractivity contribution >= 4 is 35.7 Å². The highest BCUT2D eigenvalue weighted by atomic mass is 79.9. The van der Waals surface area contributed by atoms with Crippen LogP contribution >= 0.6 is 26.6 Å². The van der Waals surface area contributed by atoms with Gasteiger partial charge in [-0.25, -0.2) is 12.8 Å². The van der Waals surface area contributed by atoms with Gasteiger partial charge in [0.05, 0.1) is 10.2 Å². The van der Waals surface area contributed by atoms with Crippen LogP contribution < -0.4 is 0 Å². The van der Waals surface area contributed by atoms with Crippen LogP contribution in [0.5, 0.6) is 0 Å². The Labute approximate surface area is 94.6 Å². The fourth-order valence-corrected chi connectivity index (χ4v) is 2.45. The zero-order valence-corrected chi connectivity index (χ0v) is 10.4. The molecule has 0 N–H and O–H groups in total. The Morgan fingerprint density at radius 3 is 2.57 bits per heavy atom. The first-order valence-electron chi connectivity index (χ1n) is 3.66.